The van der Waals surface area contributed by atoms with E-state index in [1.54, 1.807) is 11.3 Å². The minimum absolute atomic E-state index is 0.255. The van der Waals surface area contributed by atoms with Crippen LogP contribution in [0.5, 0.6) is 0 Å². The maximum atomic E-state index is 3.58. The van der Waals surface area contributed by atoms with Gasteiger partial charge in [-0.3, -0.25) is 0 Å². The molecule has 0 atom stereocenters. The van der Waals surface area contributed by atoms with Crippen LogP contribution in [0.1, 0.15) is 38.5 Å². The van der Waals surface area contributed by atoms with E-state index < -0.39 is 0 Å². The highest BCUT2D eigenvalue weighted by molar-refractivity contribution is 9.11. The van der Waals surface area contributed by atoms with Crippen LogP contribution in [0.15, 0.2) is 15.9 Å². The molecule has 80 valence electrons. The quantitative estimate of drug-likeness (QED) is 0.850. The van der Waals surface area contributed by atoms with Gasteiger partial charge in [-0.1, -0.05) is 13.3 Å². The van der Waals surface area contributed by atoms with Crippen molar-refractivity contribution in [3.63, 3.8) is 0 Å². The molecular weight excluding hydrogens is 258 g/mol. The molecule has 0 unspecified atom stereocenters. The summed E-state index contributed by atoms with van der Waals surface area (Å²) in [5.74, 6) is 0. The van der Waals surface area contributed by atoms with Gasteiger partial charge in [0.15, 0.2) is 0 Å². The van der Waals surface area contributed by atoms with Crippen molar-refractivity contribution in [2.24, 2.45) is 0 Å². The van der Waals surface area contributed by atoms with E-state index in [2.05, 4.69) is 54.2 Å². The van der Waals surface area contributed by atoms with Gasteiger partial charge in [-0.25, -0.2) is 0 Å². The third-order valence-corrected chi connectivity index (χ3v) is 3.87. The Labute approximate surface area is 99.0 Å². The summed E-state index contributed by atoms with van der Waals surface area (Å²) in [5.41, 5.74) is 0.255. The van der Waals surface area contributed by atoms with Crippen LogP contribution in [0, 0.1) is 0 Å². The highest BCUT2D eigenvalue weighted by Gasteiger charge is 2.15. The molecule has 1 aromatic rings. The van der Waals surface area contributed by atoms with Gasteiger partial charge in [0, 0.05) is 17.0 Å². The van der Waals surface area contributed by atoms with Crippen molar-refractivity contribution < 1.29 is 0 Å². The van der Waals surface area contributed by atoms with E-state index in [1.165, 1.54) is 21.5 Å². The molecule has 0 bridgehead atoms. The molecule has 0 radical (unpaired) electrons. The van der Waals surface area contributed by atoms with Gasteiger partial charge in [0.1, 0.15) is 0 Å². The van der Waals surface area contributed by atoms with Crippen LogP contribution in [0.2, 0.25) is 0 Å². The number of thiophene rings is 1. The average Bonchev–Trinajstić information content (AvgIpc) is 2.48. The van der Waals surface area contributed by atoms with Gasteiger partial charge in [-0.2, -0.15) is 0 Å². The number of halogens is 1. The summed E-state index contributed by atoms with van der Waals surface area (Å²) in [7, 11) is 0. The van der Waals surface area contributed by atoms with Crippen molar-refractivity contribution in [3.05, 3.63) is 20.8 Å². The lowest BCUT2D eigenvalue weighted by atomic mass is 9.99. The molecule has 14 heavy (non-hydrogen) atoms. The van der Waals surface area contributed by atoms with Gasteiger partial charge in [-0.05, 0) is 48.3 Å². The Morgan fingerprint density at radius 2 is 2.14 bits per heavy atom. The minimum Gasteiger partial charge on any atom is -0.307 e. The summed E-state index contributed by atoms with van der Waals surface area (Å²) in [6.07, 6.45) is 2.45. The largest absolute Gasteiger partial charge is 0.307 e. The number of nitrogens with one attached hydrogen (secondary N) is 1. The molecular formula is C11H18BrNS. The maximum Gasteiger partial charge on any atom is 0.0701 e. The molecule has 1 aromatic heterocycles. The second-order valence-corrected chi connectivity index (χ2v) is 6.74. The number of hydrogen-bond donors (Lipinski definition) is 1. The zero-order valence-corrected chi connectivity index (χ0v) is 11.5. The summed E-state index contributed by atoms with van der Waals surface area (Å²) < 4.78 is 1.21. The van der Waals surface area contributed by atoms with Gasteiger partial charge in [-0.15, -0.1) is 11.3 Å². The van der Waals surface area contributed by atoms with Crippen LogP contribution in [0.25, 0.3) is 0 Å². The van der Waals surface area contributed by atoms with E-state index in [9.17, 15) is 0 Å². The second kappa shape index (κ2) is 5.29. The van der Waals surface area contributed by atoms with Gasteiger partial charge in [0.05, 0.1) is 3.79 Å². The minimum atomic E-state index is 0.255. The maximum absolute atomic E-state index is 3.58. The van der Waals surface area contributed by atoms with Crippen molar-refractivity contribution in [1.82, 2.24) is 5.32 Å². The summed E-state index contributed by atoms with van der Waals surface area (Å²) in [6, 6.07) is 4.28. The standard InChI is InChI=1S/C11H18BrNS/c1-4-7-11(2,3)13-8-9-5-6-10(12)14-9/h5-6,13H,4,7-8H2,1-3H3. The van der Waals surface area contributed by atoms with Crippen molar-refractivity contribution >= 4 is 27.3 Å². The zero-order chi connectivity index (χ0) is 10.6. The highest BCUT2D eigenvalue weighted by atomic mass is 79.9. The Morgan fingerprint density at radius 1 is 1.43 bits per heavy atom. The first-order chi connectivity index (χ1) is 6.53. The first-order valence-electron chi connectivity index (χ1n) is 5.03. The van der Waals surface area contributed by atoms with Crippen LogP contribution < -0.4 is 5.32 Å². The Balaban J connectivity index is 2.40. The molecule has 1 rings (SSSR count). The molecule has 3 heteroatoms. The fraction of sp³-hybridized carbons (Fsp3) is 0.636. The number of hydrogen-bond acceptors (Lipinski definition) is 2. The predicted molar refractivity (Wildman–Crippen MR) is 67.8 cm³/mol. The summed E-state index contributed by atoms with van der Waals surface area (Å²) in [4.78, 5) is 1.39. The van der Waals surface area contributed by atoms with E-state index in [0.29, 0.717) is 0 Å². The molecule has 0 aliphatic carbocycles. The van der Waals surface area contributed by atoms with Crippen molar-refractivity contribution in [2.75, 3.05) is 0 Å². The lowest BCUT2D eigenvalue weighted by molar-refractivity contribution is 0.358. The Hall–Kier alpha value is 0.140. The third kappa shape index (κ3) is 4.11. The monoisotopic (exact) mass is 275 g/mol. The topological polar surface area (TPSA) is 12.0 Å². The van der Waals surface area contributed by atoms with E-state index in [1.807, 2.05) is 0 Å². The lowest BCUT2D eigenvalue weighted by Crippen LogP contribution is -2.38. The van der Waals surface area contributed by atoms with Crippen LogP contribution in [-0.4, -0.2) is 5.54 Å². The molecule has 0 saturated heterocycles. The van der Waals surface area contributed by atoms with E-state index in [-0.39, 0.29) is 5.54 Å². The SMILES string of the molecule is CCCC(C)(C)NCc1ccc(Br)s1. The van der Waals surface area contributed by atoms with Crippen LogP contribution >= 0.6 is 27.3 Å². The molecule has 1 N–H and O–H groups in total. The normalized spacial score (nSPS) is 12.0. The molecule has 0 amide bonds. The highest BCUT2D eigenvalue weighted by Crippen LogP contribution is 2.22. The van der Waals surface area contributed by atoms with E-state index in [0.717, 1.165) is 6.54 Å². The Morgan fingerprint density at radius 3 is 2.64 bits per heavy atom. The van der Waals surface area contributed by atoms with Gasteiger partial charge in [0.25, 0.3) is 0 Å². The molecule has 0 aromatic carbocycles. The smallest absolute Gasteiger partial charge is 0.0701 e. The fourth-order valence-corrected chi connectivity index (χ4v) is 2.91. The van der Waals surface area contributed by atoms with Crippen LogP contribution in [-0.2, 0) is 6.54 Å². The number of rotatable bonds is 5. The van der Waals surface area contributed by atoms with E-state index in [4.69, 9.17) is 0 Å². The van der Waals surface area contributed by atoms with Gasteiger partial charge in [0.2, 0.25) is 0 Å². The lowest BCUT2D eigenvalue weighted by Gasteiger charge is -2.25. The van der Waals surface area contributed by atoms with Crippen LogP contribution in [0.3, 0.4) is 0 Å². The molecule has 0 fully saturated rings. The summed E-state index contributed by atoms with van der Waals surface area (Å²) >= 11 is 5.27. The molecule has 0 spiro atoms. The Kier molecular flexibility index (Phi) is 4.61. The van der Waals surface area contributed by atoms with Crippen LogP contribution in [0.4, 0.5) is 0 Å². The predicted octanol–water partition coefficient (Wildman–Crippen LogP) is 4.18. The first kappa shape index (κ1) is 12.2. The second-order valence-electron chi connectivity index (χ2n) is 4.19. The molecule has 1 heterocycles. The molecule has 0 aliphatic heterocycles. The molecule has 0 saturated carbocycles. The molecule has 0 aliphatic rings. The first-order valence-corrected chi connectivity index (χ1v) is 6.64. The zero-order valence-electron chi connectivity index (χ0n) is 9.06. The average molecular weight is 276 g/mol. The summed E-state index contributed by atoms with van der Waals surface area (Å²) in [6.45, 7) is 7.73. The van der Waals surface area contributed by atoms with Gasteiger partial charge >= 0.3 is 0 Å². The Bertz CT molecular complexity index is 281. The summed E-state index contributed by atoms with van der Waals surface area (Å²) in [5, 5.41) is 3.58. The fourth-order valence-electron chi connectivity index (χ4n) is 1.49. The van der Waals surface area contributed by atoms with E-state index >= 15 is 0 Å². The molecule has 1 nitrogen and oxygen atoms in total. The van der Waals surface area contributed by atoms with Crippen molar-refractivity contribution in [1.29, 1.82) is 0 Å². The van der Waals surface area contributed by atoms with Gasteiger partial charge < -0.3 is 5.32 Å². The van der Waals surface area contributed by atoms with Crippen molar-refractivity contribution in [2.45, 2.75) is 45.7 Å². The van der Waals surface area contributed by atoms with Crippen molar-refractivity contribution in [3.8, 4) is 0 Å². The third-order valence-electron chi connectivity index (χ3n) is 2.25.